The van der Waals surface area contributed by atoms with Gasteiger partial charge in [0, 0.05) is 0 Å². The highest BCUT2D eigenvalue weighted by Crippen LogP contribution is 2.21. The monoisotopic (exact) mass is 276 g/mol. The minimum absolute atomic E-state index is 0.0727. The normalized spacial score (nSPS) is 13.2. The number of aliphatic hydroxyl groups is 1. The number of halogens is 2. The highest BCUT2D eigenvalue weighted by atomic mass is 79.9. The first-order valence-electron chi connectivity index (χ1n) is 4.75. The molecule has 1 rings (SSSR count). The first-order chi connectivity index (χ1) is 7.00. The smallest absolute Gasteiger partial charge is 0.137 e. The summed E-state index contributed by atoms with van der Waals surface area (Å²) < 4.78 is 18.5. The summed E-state index contributed by atoms with van der Waals surface area (Å²) >= 11 is 3.07. The maximum absolute atomic E-state index is 12.9. The summed E-state index contributed by atoms with van der Waals surface area (Å²) in [6, 6.07) is 4.43. The van der Waals surface area contributed by atoms with E-state index in [0.717, 1.165) is 0 Å². The number of aliphatic hydroxyl groups excluding tert-OH is 1. The average Bonchev–Trinajstić information content (AvgIpc) is 2.18. The standard InChI is InChI=1S/C11H14BrFO2/c1-7(2)15-6-11(14)8-3-4-10(13)9(12)5-8/h3-5,7,11,14H,6H2,1-2H3. The molecule has 2 nitrogen and oxygen atoms in total. The van der Waals surface area contributed by atoms with E-state index in [4.69, 9.17) is 4.74 Å². The van der Waals surface area contributed by atoms with Crippen LogP contribution in [0.25, 0.3) is 0 Å². The fourth-order valence-electron chi connectivity index (χ4n) is 1.10. The van der Waals surface area contributed by atoms with Crippen LogP contribution in [0.5, 0.6) is 0 Å². The molecule has 0 aromatic heterocycles. The zero-order valence-electron chi connectivity index (χ0n) is 8.71. The zero-order valence-corrected chi connectivity index (χ0v) is 10.3. The second-order valence-corrected chi connectivity index (χ2v) is 4.43. The number of hydrogen-bond donors (Lipinski definition) is 1. The van der Waals surface area contributed by atoms with Gasteiger partial charge in [0.05, 0.1) is 17.2 Å². The molecule has 1 aromatic carbocycles. The molecule has 0 amide bonds. The number of benzene rings is 1. The first kappa shape index (κ1) is 12.6. The van der Waals surface area contributed by atoms with Crippen LogP contribution in [-0.2, 0) is 4.74 Å². The fourth-order valence-corrected chi connectivity index (χ4v) is 1.50. The van der Waals surface area contributed by atoms with Crippen LogP contribution in [0.3, 0.4) is 0 Å². The van der Waals surface area contributed by atoms with Crippen molar-refractivity contribution < 1.29 is 14.2 Å². The van der Waals surface area contributed by atoms with Crippen LogP contribution in [0.4, 0.5) is 4.39 Å². The van der Waals surface area contributed by atoms with Crippen molar-refractivity contribution >= 4 is 15.9 Å². The molecule has 0 spiro atoms. The SMILES string of the molecule is CC(C)OCC(O)c1ccc(F)c(Br)c1. The zero-order chi connectivity index (χ0) is 11.4. The summed E-state index contributed by atoms with van der Waals surface area (Å²) in [4.78, 5) is 0. The van der Waals surface area contributed by atoms with Gasteiger partial charge in [0.1, 0.15) is 11.9 Å². The third-order valence-electron chi connectivity index (χ3n) is 1.92. The van der Waals surface area contributed by atoms with E-state index in [-0.39, 0.29) is 18.5 Å². The molecule has 0 saturated carbocycles. The average molecular weight is 277 g/mol. The van der Waals surface area contributed by atoms with E-state index in [2.05, 4.69) is 15.9 Å². The first-order valence-corrected chi connectivity index (χ1v) is 5.54. The molecule has 0 aliphatic carbocycles. The Labute approximate surface area is 97.2 Å². The summed E-state index contributed by atoms with van der Waals surface area (Å²) in [5.74, 6) is -0.337. The Balaban J connectivity index is 2.65. The van der Waals surface area contributed by atoms with Gasteiger partial charge in [0.25, 0.3) is 0 Å². The van der Waals surface area contributed by atoms with Crippen LogP contribution >= 0.6 is 15.9 Å². The van der Waals surface area contributed by atoms with Gasteiger partial charge in [-0.3, -0.25) is 0 Å². The number of ether oxygens (including phenoxy) is 1. The lowest BCUT2D eigenvalue weighted by Gasteiger charge is -2.14. The van der Waals surface area contributed by atoms with Crippen molar-refractivity contribution in [3.63, 3.8) is 0 Å². The number of rotatable bonds is 4. The Morgan fingerprint density at radius 2 is 2.13 bits per heavy atom. The lowest BCUT2D eigenvalue weighted by molar-refractivity contribution is 0.00488. The van der Waals surface area contributed by atoms with Crippen LogP contribution in [0, 0.1) is 5.82 Å². The van der Waals surface area contributed by atoms with Gasteiger partial charge < -0.3 is 9.84 Å². The van der Waals surface area contributed by atoms with Gasteiger partial charge in [-0.15, -0.1) is 0 Å². The lowest BCUT2D eigenvalue weighted by Crippen LogP contribution is -2.11. The predicted molar refractivity (Wildman–Crippen MR) is 60.1 cm³/mol. The van der Waals surface area contributed by atoms with Crippen molar-refractivity contribution in [2.45, 2.75) is 26.1 Å². The van der Waals surface area contributed by atoms with Crippen molar-refractivity contribution in [3.8, 4) is 0 Å². The second kappa shape index (κ2) is 5.58. The minimum atomic E-state index is -0.718. The molecular formula is C11H14BrFO2. The Kier molecular flexibility index (Phi) is 4.70. The summed E-state index contributed by atoms with van der Waals surface area (Å²) in [5, 5.41) is 9.72. The lowest BCUT2D eigenvalue weighted by atomic mass is 10.1. The molecule has 0 saturated heterocycles. The van der Waals surface area contributed by atoms with E-state index in [0.29, 0.717) is 10.0 Å². The highest BCUT2D eigenvalue weighted by molar-refractivity contribution is 9.10. The molecule has 15 heavy (non-hydrogen) atoms. The molecule has 0 radical (unpaired) electrons. The van der Waals surface area contributed by atoms with Gasteiger partial charge in [0.2, 0.25) is 0 Å². The molecule has 0 bridgehead atoms. The molecule has 1 atom stereocenters. The largest absolute Gasteiger partial charge is 0.386 e. The van der Waals surface area contributed by atoms with Crippen molar-refractivity contribution in [2.75, 3.05) is 6.61 Å². The molecule has 1 N–H and O–H groups in total. The Hall–Kier alpha value is -0.450. The van der Waals surface area contributed by atoms with Crippen molar-refractivity contribution in [1.29, 1.82) is 0 Å². The molecule has 1 unspecified atom stereocenters. The van der Waals surface area contributed by atoms with E-state index < -0.39 is 6.10 Å². The van der Waals surface area contributed by atoms with E-state index >= 15 is 0 Å². The van der Waals surface area contributed by atoms with Crippen LogP contribution in [0.1, 0.15) is 25.5 Å². The summed E-state index contributed by atoms with van der Waals surface area (Å²) in [6.45, 7) is 4.01. The molecule has 0 aliphatic heterocycles. The van der Waals surface area contributed by atoms with Gasteiger partial charge in [-0.1, -0.05) is 6.07 Å². The summed E-state index contributed by atoms with van der Waals surface area (Å²) in [5.41, 5.74) is 0.643. The molecule has 0 heterocycles. The van der Waals surface area contributed by atoms with Crippen molar-refractivity contribution in [3.05, 3.63) is 34.1 Å². The topological polar surface area (TPSA) is 29.5 Å². The van der Waals surface area contributed by atoms with Gasteiger partial charge in [0.15, 0.2) is 0 Å². The van der Waals surface area contributed by atoms with Crippen molar-refractivity contribution in [1.82, 2.24) is 0 Å². The second-order valence-electron chi connectivity index (χ2n) is 3.57. The van der Waals surface area contributed by atoms with Crippen molar-refractivity contribution in [2.24, 2.45) is 0 Å². The predicted octanol–water partition coefficient (Wildman–Crippen LogP) is 3.05. The van der Waals surface area contributed by atoms with Gasteiger partial charge >= 0.3 is 0 Å². The van der Waals surface area contributed by atoms with E-state index in [1.165, 1.54) is 6.07 Å². The Bertz CT molecular complexity index is 328. The van der Waals surface area contributed by atoms with Crippen LogP contribution in [-0.4, -0.2) is 17.8 Å². The highest BCUT2D eigenvalue weighted by Gasteiger charge is 2.10. The van der Waals surface area contributed by atoms with Gasteiger partial charge in [-0.05, 0) is 47.5 Å². The van der Waals surface area contributed by atoms with E-state index in [9.17, 15) is 9.50 Å². The van der Waals surface area contributed by atoms with Gasteiger partial charge in [-0.25, -0.2) is 4.39 Å². The minimum Gasteiger partial charge on any atom is -0.386 e. The molecule has 84 valence electrons. The van der Waals surface area contributed by atoms with Crippen LogP contribution in [0.15, 0.2) is 22.7 Å². The van der Waals surface area contributed by atoms with E-state index in [1.54, 1.807) is 12.1 Å². The third kappa shape index (κ3) is 3.89. The Morgan fingerprint density at radius 3 is 2.67 bits per heavy atom. The Morgan fingerprint density at radius 1 is 1.47 bits per heavy atom. The summed E-state index contributed by atoms with van der Waals surface area (Å²) in [6.07, 6.45) is -0.646. The quantitative estimate of drug-likeness (QED) is 0.916. The number of hydrogen-bond acceptors (Lipinski definition) is 2. The third-order valence-corrected chi connectivity index (χ3v) is 2.52. The maximum atomic E-state index is 12.9. The maximum Gasteiger partial charge on any atom is 0.137 e. The molecule has 0 fully saturated rings. The van der Waals surface area contributed by atoms with E-state index in [1.807, 2.05) is 13.8 Å². The molecular weight excluding hydrogens is 263 g/mol. The van der Waals surface area contributed by atoms with Gasteiger partial charge in [-0.2, -0.15) is 0 Å². The summed E-state index contributed by atoms with van der Waals surface area (Å²) in [7, 11) is 0. The van der Waals surface area contributed by atoms with Crippen LogP contribution < -0.4 is 0 Å². The van der Waals surface area contributed by atoms with Crippen LogP contribution in [0.2, 0.25) is 0 Å². The fraction of sp³-hybridized carbons (Fsp3) is 0.455. The molecule has 1 aromatic rings. The molecule has 0 aliphatic rings. The molecule has 4 heteroatoms.